The number of rotatable bonds is 9. The van der Waals surface area contributed by atoms with Gasteiger partial charge in [-0.25, -0.2) is 0 Å². The molecule has 0 atom stereocenters. The summed E-state index contributed by atoms with van der Waals surface area (Å²) >= 11 is 5.56. The first-order valence-corrected chi connectivity index (χ1v) is 5.59. The van der Waals surface area contributed by atoms with Crippen molar-refractivity contribution in [2.45, 2.75) is 39.0 Å². The number of alkyl halides is 1. The van der Waals surface area contributed by atoms with E-state index in [4.69, 9.17) is 16.3 Å². The van der Waals surface area contributed by atoms with Crippen LogP contribution in [0.2, 0.25) is 0 Å². The highest BCUT2D eigenvalue weighted by Gasteiger charge is 1.91. The lowest BCUT2D eigenvalue weighted by molar-refractivity contribution is 0.133. The zero-order valence-corrected chi connectivity index (χ0v) is 9.41. The topological polar surface area (TPSA) is 9.23 Å². The van der Waals surface area contributed by atoms with Gasteiger partial charge in [-0.05, 0) is 26.2 Å². The maximum absolute atomic E-state index is 5.56. The highest BCUT2D eigenvalue weighted by Crippen LogP contribution is 2.02. The van der Waals surface area contributed by atoms with Crippen LogP contribution in [-0.4, -0.2) is 19.1 Å². The van der Waals surface area contributed by atoms with Gasteiger partial charge in [0.05, 0.1) is 6.61 Å². The molecule has 0 unspecified atom stereocenters. The standard InChI is InChI=1S/C11H21ClO/c1-11(2)7-10-13-9-6-4-3-5-8-12/h1,3-10H2,2H3. The SMILES string of the molecule is C=C(C)CCOCCCCCCCl. The van der Waals surface area contributed by atoms with Crippen molar-refractivity contribution < 1.29 is 4.74 Å². The van der Waals surface area contributed by atoms with E-state index in [0.717, 1.165) is 38.4 Å². The van der Waals surface area contributed by atoms with Gasteiger partial charge >= 0.3 is 0 Å². The van der Waals surface area contributed by atoms with Crippen LogP contribution in [0.1, 0.15) is 39.0 Å². The van der Waals surface area contributed by atoms with E-state index >= 15 is 0 Å². The van der Waals surface area contributed by atoms with E-state index in [1.807, 2.05) is 6.92 Å². The molecule has 2 heteroatoms. The second kappa shape index (κ2) is 10.1. The van der Waals surface area contributed by atoms with E-state index in [9.17, 15) is 0 Å². The first kappa shape index (κ1) is 13.0. The van der Waals surface area contributed by atoms with Crippen molar-refractivity contribution >= 4 is 11.6 Å². The molecule has 0 amide bonds. The van der Waals surface area contributed by atoms with Gasteiger partial charge in [0, 0.05) is 12.5 Å². The van der Waals surface area contributed by atoms with Crippen LogP contribution in [0.25, 0.3) is 0 Å². The van der Waals surface area contributed by atoms with Crippen molar-refractivity contribution in [2.24, 2.45) is 0 Å². The Balaban J connectivity index is 2.87. The second-order valence-corrected chi connectivity index (χ2v) is 3.80. The van der Waals surface area contributed by atoms with Crippen molar-refractivity contribution in [3.05, 3.63) is 12.2 Å². The van der Waals surface area contributed by atoms with Gasteiger partial charge in [-0.1, -0.05) is 18.4 Å². The molecule has 0 saturated carbocycles. The lowest BCUT2D eigenvalue weighted by Gasteiger charge is -2.03. The van der Waals surface area contributed by atoms with E-state index in [1.165, 1.54) is 18.4 Å². The van der Waals surface area contributed by atoms with Crippen LogP contribution in [0.4, 0.5) is 0 Å². The first-order chi connectivity index (χ1) is 6.27. The Morgan fingerprint density at radius 1 is 1.15 bits per heavy atom. The number of hydrogen-bond acceptors (Lipinski definition) is 1. The predicted octanol–water partition coefficient (Wildman–Crippen LogP) is 3.77. The largest absolute Gasteiger partial charge is 0.381 e. The Kier molecular flexibility index (Phi) is 10.1. The molecule has 0 fully saturated rings. The maximum atomic E-state index is 5.56. The normalized spacial score (nSPS) is 10.3. The van der Waals surface area contributed by atoms with E-state index < -0.39 is 0 Å². The average molecular weight is 205 g/mol. The Hall–Kier alpha value is -0.0100. The minimum atomic E-state index is 0.788. The van der Waals surface area contributed by atoms with E-state index in [-0.39, 0.29) is 0 Å². The Bertz CT molecular complexity index is 123. The summed E-state index contributed by atoms with van der Waals surface area (Å²) in [6, 6.07) is 0. The van der Waals surface area contributed by atoms with Gasteiger partial charge in [0.15, 0.2) is 0 Å². The number of unbranched alkanes of at least 4 members (excludes halogenated alkanes) is 3. The zero-order chi connectivity index (χ0) is 9.94. The molecule has 0 aliphatic carbocycles. The predicted molar refractivity (Wildman–Crippen MR) is 59.4 cm³/mol. The quantitative estimate of drug-likeness (QED) is 0.316. The number of ether oxygens (including phenoxy) is 1. The average Bonchev–Trinajstić information content (AvgIpc) is 2.09. The third-order valence-corrected chi connectivity index (χ3v) is 2.11. The second-order valence-electron chi connectivity index (χ2n) is 3.42. The summed E-state index contributed by atoms with van der Waals surface area (Å²) in [6.45, 7) is 7.56. The summed E-state index contributed by atoms with van der Waals surface area (Å²) < 4.78 is 5.43. The number of halogens is 1. The maximum Gasteiger partial charge on any atom is 0.0502 e. The van der Waals surface area contributed by atoms with Crippen molar-refractivity contribution in [3.8, 4) is 0 Å². The number of hydrogen-bond donors (Lipinski definition) is 0. The first-order valence-electron chi connectivity index (χ1n) is 5.05. The Morgan fingerprint density at radius 2 is 1.85 bits per heavy atom. The summed E-state index contributed by atoms with van der Waals surface area (Å²) in [5.74, 6) is 0.788. The van der Waals surface area contributed by atoms with E-state index in [2.05, 4.69) is 6.58 Å². The minimum Gasteiger partial charge on any atom is -0.381 e. The fourth-order valence-corrected chi connectivity index (χ4v) is 1.19. The highest BCUT2D eigenvalue weighted by molar-refractivity contribution is 6.17. The fourth-order valence-electron chi connectivity index (χ4n) is 1.00. The molecule has 0 aromatic carbocycles. The van der Waals surface area contributed by atoms with Crippen LogP contribution in [0, 0.1) is 0 Å². The summed E-state index contributed by atoms with van der Waals surface area (Å²) in [4.78, 5) is 0. The molecular formula is C11H21ClO. The van der Waals surface area contributed by atoms with Crippen molar-refractivity contribution in [3.63, 3.8) is 0 Å². The summed E-state index contributed by atoms with van der Waals surface area (Å²) in [6.07, 6.45) is 5.75. The molecule has 0 rings (SSSR count). The van der Waals surface area contributed by atoms with Crippen LogP contribution >= 0.6 is 11.6 Å². The highest BCUT2D eigenvalue weighted by atomic mass is 35.5. The van der Waals surface area contributed by atoms with Gasteiger partial charge in [0.2, 0.25) is 0 Å². The van der Waals surface area contributed by atoms with Crippen LogP contribution < -0.4 is 0 Å². The molecule has 0 saturated heterocycles. The van der Waals surface area contributed by atoms with Gasteiger partial charge in [-0.2, -0.15) is 0 Å². The van der Waals surface area contributed by atoms with Crippen molar-refractivity contribution in [1.29, 1.82) is 0 Å². The molecule has 0 heterocycles. The summed E-state index contributed by atoms with van der Waals surface area (Å²) in [5, 5.41) is 0. The molecular weight excluding hydrogens is 184 g/mol. The van der Waals surface area contributed by atoms with Crippen molar-refractivity contribution in [1.82, 2.24) is 0 Å². The Morgan fingerprint density at radius 3 is 2.46 bits per heavy atom. The molecule has 0 radical (unpaired) electrons. The van der Waals surface area contributed by atoms with Gasteiger partial charge < -0.3 is 4.74 Å². The molecule has 78 valence electrons. The van der Waals surface area contributed by atoms with E-state index in [1.54, 1.807) is 0 Å². The summed E-state index contributed by atoms with van der Waals surface area (Å²) in [7, 11) is 0. The smallest absolute Gasteiger partial charge is 0.0502 e. The van der Waals surface area contributed by atoms with Gasteiger partial charge in [-0.15, -0.1) is 18.2 Å². The molecule has 0 aliphatic rings. The van der Waals surface area contributed by atoms with E-state index in [0.29, 0.717) is 0 Å². The monoisotopic (exact) mass is 204 g/mol. The molecule has 0 bridgehead atoms. The molecule has 0 aromatic heterocycles. The molecule has 13 heavy (non-hydrogen) atoms. The molecule has 0 spiro atoms. The third kappa shape index (κ3) is 12.0. The van der Waals surface area contributed by atoms with Crippen LogP contribution in [-0.2, 0) is 4.74 Å². The molecule has 1 nitrogen and oxygen atoms in total. The Labute approximate surface area is 87.1 Å². The lowest BCUT2D eigenvalue weighted by atomic mass is 10.2. The molecule has 0 aromatic rings. The fraction of sp³-hybridized carbons (Fsp3) is 0.818. The summed E-state index contributed by atoms with van der Waals surface area (Å²) in [5.41, 5.74) is 1.20. The van der Waals surface area contributed by atoms with Crippen LogP contribution in [0.5, 0.6) is 0 Å². The lowest BCUT2D eigenvalue weighted by Crippen LogP contribution is -1.97. The molecule has 0 N–H and O–H groups in total. The van der Waals surface area contributed by atoms with Gasteiger partial charge in [0.25, 0.3) is 0 Å². The van der Waals surface area contributed by atoms with Gasteiger partial charge in [0.1, 0.15) is 0 Å². The van der Waals surface area contributed by atoms with Gasteiger partial charge in [-0.3, -0.25) is 0 Å². The zero-order valence-electron chi connectivity index (χ0n) is 8.65. The minimum absolute atomic E-state index is 0.788. The molecule has 0 aliphatic heterocycles. The van der Waals surface area contributed by atoms with Crippen LogP contribution in [0.3, 0.4) is 0 Å². The third-order valence-electron chi connectivity index (χ3n) is 1.85. The van der Waals surface area contributed by atoms with Crippen LogP contribution in [0.15, 0.2) is 12.2 Å². The van der Waals surface area contributed by atoms with Crippen molar-refractivity contribution in [2.75, 3.05) is 19.1 Å².